The molecule has 0 aliphatic rings. The Morgan fingerprint density at radius 3 is 1.92 bits per heavy atom. The zero-order valence-electron chi connectivity index (χ0n) is 23.3. The number of esters is 1. The van der Waals surface area contributed by atoms with Crippen LogP contribution in [0.1, 0.15) is 113 Å². The molecule has 38 heavy (non-hydrogen) atoms. The molecule has 0 spiro atoms. The summed E-state index contributed by atoms with van der Waals surface area (Å²) in [5.41, 5.74) is 1.47. The second-order valence-electron chi connectivity index (χ2n) is 9.93. The van der Waals surface area contributed by atoms with E-state index < -0.39 is 0 Å². The first-order valence-corrected chi connectivity index (χ1v) is 15.4. The normalized spacial score (nSPS) is 11.0. The van der Waals surface area contributed by atoms with Crippen molar-refractivity contribution in [3.05, 3.63) is 59.1 Å². The van der Waals surface area contributed by atoms with Gasteiger partial charge in [-0.15, -0.1) is 10.2 Å². The van der Waals surface area contributed by atoms with Crippen LogP contribution in [0.15, 0.2) is 48.5 Å². The van der Waals surface area contributed by atoms with Crippen LogP contribution in [-0.2, 0) is 6.42 Å². The second-order valence-corrected chi connectivity index (χ2v) is 11.0. The number of unbranched alkanes of at least 4 members (excludes halogenated alkanes) is 11. The zero-order valence-corrected chi connectivity index (χ0v) is 24.1. The Bertz CT molecular complexity index is 1050. The fourth-order valence-electron chi connectivity index (χ4n) is 4.30. The van der Waals surface area contributed by atoms with Crippen LogP contribution in [-0.4, -0.2) is 22.8 Å². The molecule has 1 aromatic heterocycles. The highest BCUT2D eigenvalue weighted by Crippen LogP contribution is 2.26. The lowest BCUT2D eigenvalue weighted by molar-refractivity contribution is 0.0734. The van der Waals surface area contributed by atoms with E-state index in [2.05, 4.69) is 24.0 Å². The number of rotatable bonds is 19. The molecule has 6 heteroatoms. The summed E-state index contributed by atoms with van der Waals surface area (Å²) in [6.07, 6.45) is 17.5. The van der Waals surface area contributed by atoms with Gasteiger partial charge in [0.05, 0.1) is 12.2 Å². The predicted molar refractivity (Wildman–Crippen MR) is 157 cm³/mol. The second kappa shape index (κ2) is 17.7. The maximum Gasteiger partial charge on any atom is 0.343 e. The van der Waals surface area contributed by atoms with Crippen molar-refractivity contribution in [2.75, 3.05) is 6.61 Å². The van der Waals surface area contributed by atoms with Crippen molar-refractivity contribution in [3.8, 4) is 22.1 Å². The quantitative estimate of drug-likeness (QED) is 0.0867. The van der Waals surface area contributed by atoms with Crippen molar-refractivity contribution in [2.24, 2.45) is 0 Å². The number of carbonyl (C=O) groups excluding carboxylic acids is 1. The van der Waals surface area contributed by atoms with E-state index in [4.69, 9.17) is 9.47 Å². The van der Waals surface area contributed by atoms with Gasteiger partial charge in [-0.05, 0) is 49.2 Å². The van der Waals surface area contributed by atoms with Gasteiger partial charge in [0.25, 0.3) is 0 Å². The Morgan fingerprint density at radius 1 is 0.684 bits per heavy atom. The van der Waals surface area contributed by atoms with Crippen LogP contribution >= 0.6 is 11.3 Å². The molecule has 0 saturated carbocycles. The van der Waals surface area contributed by atoms with Crippen molar-refractivity contribution < 1.29 is 14.3 Å². The highest BCUT2D eigenvalue weighted by atomic mass is 32.1. The van der Waals surface area contributed by atoms with Gasteiger partial charge in [-0.2, -0.15) is 0 Å². The number of aryl methyl sites for hydroxylation is 1. The van der Waals surface area contributed by atoms with Crippen LogP contribution in [0.5, 0.6) is 11.5 Å². The molecular formula is C32H44N2O3S. The summed E-state index contributed by atoms with van der Waals surface area (Å²) in [5.74, 6) is 0.922. The van der Waals surface area contributed by atoms with E-state index in [0.717, 1.165) is 40.6 Å². The number of ether oxygens (including phenoxy) is 2. The lowest BCUT2D eigenvalue weighted by atomic mass is 10.1. The maximum atomic E-state index is 12.6. The number of nitrogens with zero attached hydrogens (tertiary/aromatic N) is 2. The molecule has 0 bridgehead atoms. The summed E-state index contributed by atoms with van der Waals surface area (Å²) in [7, 11) is 0. The summed E-state index contributed by atoms with van der Waals surface area (Å²) in [5, 5.41) is 10.7. The van der Waals surface area contributed by atoms with Crippen molar-refractivity contribution in [1.29, 1.82) is 0 Å². The molecule has 0 atom stereocenters. The first-order chi connectivity index (χ1) is 18.7. The number of hydrogen-bond donors (Lipinski definition) is 0. The lowest BCUT2D eigenvalue weighted by Crippen LogP contribution is -2.08. The van der Waals surface area contributed by atoms with E-state index in [1.165, 1.54) is 70.6 Å². The minimum atomic E-state index is -0.380. The minimum absolute atomic E-state index is 0.380. The molecule has 0 aliphatic carbocycles. The monoisotopic (exact) mass is 536 g/mol. The fraction of sp³-hybridized carbons (Fsp3) is 0.531. The van der Waals surface area contributed by atoms with Gasteiger partial charge >= 0.3 is 5.97 Å². The first-order valence-electron chi connectivity index (χ1n) is 14.6. The standard InChI is InChI=1S/C32H44N2O3S/c1-3-5-7-9-11-12-14-16-30-33-34-31(38-30)26-17-19-27(20-18-26)32(35)37-29-23-21-28(22-24-29)36-25-15-13-10-8-6-4-2/h17-24H,3-16,25H2,1-2H3. The zero-order chi connectivity index (χ0) is 26.8. The van der Waals surface area contributed by atoms with Crippen LogP contribution in [0.4, 0.5) is 0 Å². The van der Waals surface area contributed by atoms with Gasteiger partial charge in [0.2, 0.25) is 0 Å². The third-order valence-corrected chi connectivity index (χ3v) is 7.66. The number of benzene rings is 2. The van der Waals surface area contributed by atoms with E-state index in [1.807, 2.05) is 24.3 Å². The van der Waals surface area contributed by atoms with E-state index in [0.29, 0.717) is 17.9 Å². The minimum Gasteiger partial charge on any atom is -0.494 e. The highest BCUT2D eigenvalue weighted by Gasteiger charge is 2.11. The van der Waals surface area contributed by atoms with Crippen LogP contribution in [0, 0.1) is 0 Å². The summed E-state index contributed by atoms with van der Waals surface area (Å²) >= 11 is 1.64. The molecule has 3 rings (SSSR count). The van der Waals surface area contributed by atoms with Crippen molar-refractivity contribution in [3.63, 3.8) is 0 Å². The average molecular weight is 537 g/mol. The van der Waals surface area contributed by atoms with Crippen LogP contribution < -0.4 is 9.47 Å². The highest BCUT2D eigenvalue weighted by molar-refractivity contribution is 7.14. The van der Waals surface area contributed by atoms with Gasteiger partial charge in [0, 0.05) is 12.0 Å². The Kier molecular flexibility index (Phi) is 13.9. The molecule has 0 N–H and O–H groups in total. The SMILES string of the molecule is CCCCCCCCCc1nnc(-c2ccc(C(=O)Oc3ccc(OCCCCCCCC)cc3)cc2)s1. The summed E-state index contributed by atoms with van der Waals surface area (Å²) < 4.78 is 11.4. The van der Waals surface area contributed by atoms with E-state index in [-0.39, 0.29) is 5.97 Å². The summed E-state index contributed by atoms with van der Waals surface area (Å²) in [4.78, 5) is 12.6. The first kappa shape index (κ1) is 29.8. The van der Waals surface area contributed by atoms with Gasteiger partial charge < -0.3 is 9.47 Å². The number of hydrogen-bond acceptors (Lipinski definition) is 6. The molecule has 0 fully saturated rings. The predicted octanol–water partition coefficient (Wildman–Crippen LogP) is 9.46. The van der Waals surface area contributed by atoms with Gasteiger partial charge in [0.1, 0.15) is 21.5 Å². The molecule has 3 aromatic rings. The lowest BCUT2D eigenvalue weighted by Gasteiger charge is -2.08. The molecule has 1 heterocycles. The Labute approximate surface area is 233 Å². The summed E-state index contributed by atoms with van der Waals surface area (Å²) in [6.45, 7) is 5.20. The molecular weight excluding hydrogens is 492 g/mol. The van der Waals surface area contributed by atoms with Crippen molar-refractivity contribution in [2.45, 2.75) is 104 Å². The number of aromatic nitrogens is 2. The van der Waals surface area contributed by atoms with Crippen molar-refractivity contribution >= 4 is 17.3 Å². The molecule has 5 nitrogen and oxygen atoms in total. The molecule has 0 amide bonds. The smallest absolute Gasteiger partial charge is 0.343 e. The van der Waals surface area contributed by atoms with Gasteiger partial charge in [0.15, 0.2) is 0 Å². The van der Waals surface area contributed by atoms with E-state index in [1.54, 1.807) is 35.6 Å². The van der Waals surface area contributed by atoms with Gasteiger partial charge in [-0.25, -0.2) is 4.79 Å². The molecule has 0 aliphatic heterocycles. The van der Waals surface area contributed by atoms with Gasteiger partial charge in [-0.3, -0.25) is 0 Å². The maximum absolute atomic E-state index is 12.6. The Morgan fingerprint density at radius 2 is 1.26 bits per heavy atom. The van der Waals surface area contributed by atoms with Crippen LogP contribution in [0.3, 0.4) is 0 Å². The topological polar surface area (TPSA) is 61.3 Å². The Hall–Kier alpha value is -2.73. The van der Waals surface area contributed by atoms with Crippen molar-refractivity contribution in [1.82, 2.24) is 10.2 Å². The van der Waals surface area contributed by atoms with Gasteiger partial charge in [-0.1, -0.05) is 108 Å². The molecule has 2 aromatic carbocycles. The third-order valence-electron chi connectivity index (χ3n) is 6.63. The molecule has 0 radical (unpaired) electrons. The fourth-order valence-corrected chi connectivity index (χ4v) is 5.18. The Balaban J connectivity index is 1.39. The molecule has 0 saturated heterocycles. The van der Waals surface area contributed by atoms with E-state index in [9.17, 15) is 4.79 Å². The van der Waals surface area contributed by atoms with Crippen LogP contribution in [0.2, 0.25) is 0 Å². The third kappa shape index (κ3) is 10.9. The number of carbonyl (C=O) groups is 1. The largest absolute Gasteiger partial charge is 0.494 e. The summed E-state index contributed by atoms with van der Waals surface area (Å²) in [6, 6.07) is 14.6. The van der Waals surface area contributed by atoms with E-state index >= 15 is 0 Å². The van der Waals surface area contributed by atoms with Crippen LogP contribution in [0.25, 0.3) is 10.6 Å². The molecule has 206 valence electrons. The average Bonchev–Trinajstić information content (AvgIpc) is 3.42. The molecule has 0 unspecified atom stereocenters.